The van der Waals surface area contributed by atoms with Crippen molar-refractivity contribution in [2.75, 3.05) is 26.4 Å². The quantitative estimate of drug-likeness (QED) is 0.591. The van der Waals surface area contributed by atoms with Crippen LogP contribution in [0.25, 0.3) is 0 Å². The standard InChI is InChI=1S/C16H18N2O4/c1-2-20-16(19)13(10-17)11-18-6-5-12-3-4-14-15(9-12)22-8-7-21-14/h3-4,9,11,13H,2,5-8H2,1H3/t13-/m1/s1. The second kappa shape index (κ2) is 8.03. The number of benzene rings is 1. The molecule has 0 saturated carbocycles. The molecule has 1 aromatic rings. The SMILES string of the molecule is CCOC(=O)[C@H](C#N)C=NCCc1ccc2c(c1)OCCO2. The Morgan fingerprint density at radius 3 is 2.95 bits per heavy atom. The van der Waals surface area contributed by atoms with Crippen molar-refractivity contribution in [1.29, 1.82) is 5.26 Å². The zero-order valence-corrected chi connectivity index (χ0v) is 12.4. The Morgan fingerprint density at radius 2 is 2.23 bits per heavy atom. The smallest absolute Gasteiger partial charge is 0.328 e. The first-order chi connectivity index (χ1) is 10.7. The van der Waals surface area contributed by atoms with Gasteiger partial charge in [0.05, 0.1) is 12.7 Å². The summed E-state index contributed by atoms with van der Waals surface area (Å²) in [4.78, 5) is 15.6. The molecule has 0 spiro atoms. The molecule has 0 amide bonds. The number of carbonyl (C=O) groups is 1. The Balaban J connectivity index is 1.86. The first-order valence-corrected chi connectivity index (χ1v) is 7.19. The minimum atomic E-state index is -0.944. The van der Waals surface area contributed by atoms with Gasteiger partial charge in [0.25, 0.3) is 0 Å². The van der Waals surface area contributed by atoms with Gasteiger partial charge in [-0.3, -0.25) is 9.79 Å². The van der Waals surface area contributed by atoms with E-state index in [4.69, 9.17) is 19.5 Å². The largest absolute Gasteiger partial charge is 0.486 e. The predicted molar refractivity (Wildman–Crippen MR) is 80.2 cm³/mol. The maximum absolute atomic E-state index is 11.4. The number of nitriles is 1. The molecule has 0 aliphatic carbocycles. The van der Waals surface area contributed by atoms with Crippen molar-refractivity contribution in [1.82, 2.24) is 0 Å². The molecule has 6 heteroatoms. The molecule has 0 saturated heterocycles. The second-order valence-corrected chi connectivity index (χ2v) is 4.64. The van der Waals surface area contributed by atoms with E-state index in [1.54, 1.807) is 6.92 Å². The molecular formula is C16H18N2O4. The lowest BCUT2D eigenvalue weighted by molar-refractivity contribution is -0.143. The Hall–Kier alpha value is -2.55. The van der Waals surface area contributed by atoms with Gasteiger partial charge in [0, 0.05) is 12.8 Å². The zero-order valence-electron chi connectivity index (χ0n) is 12.4. The molecule has 0 unspecified atom stereocenters. The van der Waals surface area contributed by atoms with Crippen molar-refractivity contribution in [3.8, 4) is 17.6 Å². The average molecular weight is 302 g/mol. The maximum Gasteiger partial charge on any atom is 0.328 e. The number of hydrogen-bond donors (Lipinski definition) is 0. The average Bonchev–Trinajstić information content (AvgIpc) is 2.55. The van der Waals surface area contributed by atoms with Crippen LogP contribution in [0.5, 0.6) is 11.5 Å². The van der Waals surface area contributed by atoms with E-state index in [-0.39, 0.29) is 6.61 Å². The number of ether oxygens (including phenoxy) is 3. The third kappa shape index (κ3) is 4.22. The number of rotatable bonds is 6. The molecule has 2 rings (SSSR count). The molecule has 0 aromatic heterocycles. The summed E-state index contributed by atoms with van der Waals surface area (Å²) in [6.07, 6.45) is 2.03. The van der Waals surface area contributed by atoms with Crippen LogP contribution in [0.3, 0.4) is 0 Å². The summed E-state index contributed by atoms with van der Waals surface area (Å²) < 4.78 is 15.8. The molecule has 1 aliphatic rings. The van der Waals surface area contributed by atoms with Crippen LogP contribution in [0.1, 0.15) is 12.5 Å². The summed E-state index contributed by atoms with van der Waals surface area (Å²) in [6, 6.07) is 7.63. The van der Waals surface area contributed by atoms with E-state index in [9.17, 15) is 4.79 Å². The third-order valence-corrected chi connectivity index (χ3v) is 3.07. The number of nitrogens with zero attached hydrogens (tertiary/aromatic N) is 2. The molecule has 6 nitrogen and oxygen atoms in total. The molecular weight excluding hydrogens is 284 g/mol. The Morgan fingerprint density at radius 1 is 1.45 bits per heavy atom. The normalized spacial score (nSPS) is 14.4. The first kappa shape index (κ1) is 15.8. The van der Waals surface area contributed by atoms with Gasteiger partial charge in [-0.2, -0.15) is 5.26 Å². The molecule has 1 atom stereocenters. The molecule has 1 aromatic carbocycles. The molecule has 116 valence electrons. The molecule has 1 heterocycles. The second-order valence-electron chi connectivity index (χ2n) is 4.64. The molecule has 0 radical (unpaired) electrons. The Kier molecular flexibility index (Phi) is 5.78. The van der Waals surface area contributed by atoms with Crippen molar-refractivity contribution >= 4 is 12.2 Å². The van der Waals surface area contributed by atoms with Crippen LogP contribution in [-0.4, -0.2) is 38.5 Å². The number of carbonyl (C=O) groups excluding carboxylic acids is 1. The summed E-state index contributed by atoms with van der Waals surface area (Å²) in [6.45, 7) is 3.56. The summed E-state index contributed by atoms with van der Waals surface area (Å²) in [5.41, 5.74) is 1.06. The fourth-order valence-corrected chi connectivity index (χ4v) is 2.00. The third-order valence-electron chi connectivity index (χ3n) is 3.07. The van der Waals surface area contributed by atoms with E-state index in [2.05, 4.69) is 4.99 Å². The number of esters is 1. The van der Waals surface area contributed by atoms with E-state index < -0.39 is 11.9 Å². The zero-order chi connectivity index (χ0) is 15.8. The van der Waals surface area contributed by atoms with Gasteiger partial charge in [-0.15, -0.1) is 0 Å². The van der Waals surface area contributed by atoms with Gasteiger partial charge in [0.15, 0.2) is 17.4 Å². The van der Waals surface area contributed by atoms with E-state index in [0.29, 0.717) is 26.2 Å². The van der Waals surface area contributed by atoms with E-state index >= 15 is 0 Å². The van der Waals surface area contributed by atoms with Gasteiger partial charge in [-0.1, -0.05) is 6.07 Å². The summed E-state index contributed by atoms with van der Waals surface area (Å²) in [5, 5.41) is 8.90. The van der Waals surface area contributed by atoms with Gasteiger partial charge < -0.3 is 14.2 Å². The van der Waals surface area contributed by atoms with Crippen molar-refractivity contribution < 1.29 is 19.0 Å². The van der Waals surface area contributed by atoms with E-state index in [1.807, 2.05) is 24.3 Å². The van der Waals surface area contributed by atoms with Crippen molar-refractivity contribution in [3.63, 3.8) is 0 Å². The van der Waals surface area contributed by atoms with Crippen LogP contribution in [0.15, 0.2) is 23.2 Å². The van der Waals surface area contributed by atoms with E-state index in [1.165, 1.54) is 6.21 Å². The Bertz CT molecular complexity index is 592. The molecule has 1 aliphatic heterocycles. The fourth-order valence-electron chi connectivity index (χ4n) is 2.00. The van der Waals surface area contributed by atoms with Crippen LogP contribution in [0.2, 0.25) is 0 Å². The molecule has 0 bridgehead atoms. The highest BCUT2D eigenvalue weighted by atomic mass is 16.6. The van der Waals surface area contributed by atoms with Crippen molar-refractivity contribution in [2.24, 2.45) is 10.9 Å². The van der Waals surface area contributed by atoms with Crippen LogP contribution in [-0.2, 0) is 16.0 Å². The lowest BCUT2D eigenvalue weighted by atomic mass is 10.1. The lowest BCUT2D eigenvalue weighted by Gasteiger charge is -2.18. The highest BCUT2D eigenvalue weighted by Crippen LogP contribution is 2.30. The lowest BCUT2D eigenvalue weighted by Crippen LogP contribution is -2.17. The summed E-state index contributed by atoms with van der Waals surface area (Å²) in [7, 11) is 0. The minimum absolute atomic E-state index is 0.252. The van der Waals surface area contributed by atoms with E-state index in [0.717, 1.165) is 17.1 Å². The topological polar surface area (TPSA) is 80.9 Å². The van der Waals surface area contributed by atoms with Crippen LogP contribution in [0, 0.1) is 17.2 Å². The number of fused-ring (bicyclic) bond motifs is 1. The van der Waals surface area contributed by atoms with Gasteiger partial charge in [0.2, 0.25) is 0 Å². The van der Waals surface area contributed by atoms with Crippen LogP contribution in [0.4, 0.5) is 0 Å². The molecule has 22 heavy (non-hydrogen) atoms. The minimum Gasteiger partial charge on any atom is -0.486 e. The number of hydrogen-bond acceptors (Lipinski definition) is 6. The molecule has 0 N–H and O–H groups in total. The van der Waals surface area contributed by atoms with Crippen LogP contribution >= 0.6 is 0 Å². The van der Waals surface area contributed by atoms with Gasteiger partial charge in [-0.25, -0.2) is 0 Å². The van der Waals surface area contributed by atoms with Gasteiger partial charge in [-0.05, 0) is 31.0 Å². The number of aliphatic imine (C=N–C) groups is 1. The maximum atomic E-state index is 11.4. The highest BCUT2D eigenvalue weighted by molar-refractivity contribution is 5.92. The van der Waals surface area contributed by atoms with Gasteiger partial charge >= 0.3 is 5.97 Å². The predicted octanol–water partition coefficient (Wildman–Crippen LogP) is 1.77. The summed E-state index contributed by atoms with van der Waals surface area (Å²) >= 11 is 0. The fraction of sp³-hybridized carbons (Fsp3) is 0.438. The molecule has 0 fully saturated rings. The van der Waals surface area contributed by atoms with Crippen molar-refractivity contribution in [2.45, 2.75) is 13.3 Å². The monoisotopic (exact) mass is 302 g/mol. The van der Waals surface area contributed by atoms with Crippen LogP contribution < -0.4 is 9.47 Å². The Labute approximate surface area is 129 Å². The highest BCUT2D eigenvalue weighted by Gasteiger charge is 2.16. The van der Waals surface area contributed by atoms with Crippen molar-refractivity contribution in [3.05, 3.63) is 23.8 Å². The first-order valence-electron chi connectivity index (χ1n) is 7.19. The van der Waals surface area contributed by atoms with Gasteiger partial charge in [0.1, 0.15) is 13.2 Å². The summed E-state index contributed by atoms with van der Waals surface area (Å²) in [5.74, 6) is -0.00666.